The van der Waals surface area contributed by atoms with Gasteiger partial charge >= 0.3 is 7.40 Å². The maximum atomic E-state index is 10.7. The van der Waals surface area contributed by atoms with Crippen molar-refractivity contribution >= 4 is 17.3 Å². The van der Waals surface area contributed by atoms with Crippen molar-refractivity contribution < 1.29 is 28.5 Å². The summed E-state index contributed by atoms with van der Waals surface area (Å²) in [6.45, 7) is 2.54. The SMILES string of the molecule is O=C(O)CCCN1CCC[C@@H]1COc1ccc(Cc2ccc(-c3cccs3)cc2)cc1.[Cl-].[H+]. The number of hydrogen-bond donors (Lipinski definition) is 1. The van der Waals surface area contributed by atoms with E-state index in [-0.39, 0.29) is 20.3 Å². The molecule has 4 nitrogen and oxygen atoms in total. The van der Waals surface area contributed by atoms with Crippen molar-refractivity contribution in [1.29, 1.82) is 0 Å². The lowest BCUT2D eigenvalue weighted by Gasteiger charge is -2.24. The molecule has 1 N–H and O–H groups in total. The molecule has 2 aromatic carbocycles. The quantitative estimate of drug-likeness (QED) is 0.494. The molecule has 4 rings (SSSR count). The van der Waals surface area contributed by atoms with Gasteiger partial charge in [-0.3, -0.25) is 9.69 Å². The zero-order chi connectivity index (χ0) is 21.5. The molecule has 0 unspecified atom stereocenters. The van der Waals surface area contributed by atoms with E-state index in [0.29, 0.717) is 19.1 Å². The smallest absolute Gasteiger partial charge is 1.00 e. The average Bonchev–Trinajstić information content (AvgIpc) is 3.46. The van der Waals surface area contributed by atoms with Crippen LogP contribution in [0.3, 0.4) is 0 Å². The Bertz CT molecular complexity index is 964. The summed E-state index contributed by atoms with van der Waals surface area (Å²) in [4.78, 5) is 14.4. The van der Waals surface area contributed by atoms with Gasteiger partial charge in [-0.05, 0) is 79.0 Å². The van der Waals surface area contributed by atoms with Crippen molar-refractivity contribution in [3.05, 3.63) is 77.2 Å². The Balaban J connectivity index is 0.00000193. The molecule has 32 heavy (non-hydrogen) atoms. The first-order valence-corrected chi connectivity index (χ1v) is 11.9. The summed E-state index contributed by atoms with van der Waals surface area (Å²) in [5.41, 5.74) is 3.84. The van der Waals surface area contributed by atoms with Gasteiger partial charge in [0.2, 0.25) is 0 Å². The fraction of sp³-hybridized carbons (Fsp3) is 0.346. The predicted octanol–water partition coefficient (Wildman–Crippen LogP) is 2.83. The summed E-state index contributed by atoms with van der Waals surface area (Å²) in [5, 5.41) is 10.9. The van der Waals surface area contributed by atoms with Gasteiger partial charge in [0.1, 0.15) is 12.4 Å². The van der Waals surface area contributed by atoms with Gasteiger partial charge in [0.25, 0.3) is 0 Å². The Labute approximate surface area is 201 Å². The number of benzene rings is 2. The standard InChI is InChI=1S/C26H29NO3S.ClH/c28-26(29)6-2-16-27-15-1-4-23(27)19-30-24-13-9-21(10-14-24)18-20-7-11-22(12-8-20)25-5-3-17-31-25;/h3,5,7-14,17,23H,1-2,4,6,15-16,18-19H2,(H,28,29);1H/t23-;/m1./s1. The fourth-order valence-corrected chi connectivity index (χ4v) is 4.91. The van der Waals surface area contributed by atoms with E-state index in [9.17, 15) is 4.79 Å². The topological polar surface area (TPSA) is 49.8 Å². The van der Waals surface area contributed by atoms with Crippen LogP contribution in [0.15, 0.2) is 66.0 Å². The lowest BCUT2D eigenvalue weighted by Crippen LogP contribution is -3.00. The largest absolute Gasteiger partial charge is 1.00 e. The van der Waals surface area contributed by atoms with Crippen LogP contribution in [-0.4, -0.2) is 41.7 Å². The lowest BCUT2D eigenvalue weighted by molar-refractivity contribution is -0.137. The molecule has 3 aromatic rings. The van der Waals surface area contributed by atoms with Crippen LogP contribution in [0, 0.1) is 0 Å². The highest BCUT2D eigenvalue weighted by molar-refractivity contribution is 7.13. The average molecular weight is 472 g/mol. The van der Waals surface area contributed by atoms with Crippen LogP contribution < -0.4 is 17.1 Å². The Morgan fingerprint density at radius 3 is 2.47 bits per heavy atom. The monoisotopic (exact) mass is 471 g/mol. The van der Waals surface area contributed by atoms with Crippen molar-refractivity contribution in [2.45, 2.75) is 38.1 Å². The van der Waals surface area contributed by atoms with E-state index in [4.69, 9.17) is 9.84 Å². The minimum atomic E-state index is -0.717. The number of carboxylic acid groups (broad SMARTS) is 1. The van der Waals surface area contributed by atoms with Crippen LogP contribution in [0.1, 0.15) is 38.2 Å². The van der Waals surface area contributed by atoms with E-state index in [1.807, 2.05) is 0 Å². The molecule has 0 spiro atoms. The van der Waals surface area contributed by atoms with E-state index < -0.39 is 5.97 Å². The summed E-state index contributed by atoms with van der Waals surface area (Å²) >= 11 is 1.77. The van der Waals surface area contributed by atoms with E-state index >= 15 is 0 Å². The first kappa shape index (κ1) is 24.3. The number of hydrogen-bond acceptors (Lipinski definition) is 4. The summed E-state index contributed by atoms with van der Waals surface area (Å²) in [6, 6.07) is 21.8. The van der Waals surface area contributed by atoms with Gasteiger partial charge < -0.3 is 22.3 Å². The molecule has 1 fully saturated rings. The van der Waals surface area contributed by atoms with E-state index in [2.05, 4.69) is 70.9 Å². The van der Waals surface area contributed by atoms with Crippen LogP contribution >= 0.6 is 11.3 Å². The second-order valence-corrected chi connectivity index (χ2v) is 9.08. The van der Waals surface area contributed by atoms with Gasteiger partial charge in [-0.15, -0.1) is 11.3 Å². The summed E-state index contributed by atoms with van der Waals surface area (Å²) in [6.07, 6.45) is 4.13. The zero-order valence-electron chi connectivity index (χ0n) is 19.1. The molecule has 2 heterocycles. The van der Waals surface area contributed by atoms with Gasteiger partial charge in [0.05, 0.1) is 0 Å². The molecule has 170 valence electrons. The number of ether oxygens (including phenoxy) is 1. The third kappa shape index (κ3) is 6.83. The second-order valence-electron chi connectivity index (χ2n) is 8.14. The molecular formula is C26H30ClNO3S. The van der Waals surface area contributed by atoms with Gasteiger partial charge in [0, 0.05) is 17.3 Å². The van der Waals surface area contributed by atoms with Gasteiger partial charge in [-0.2, -0.15) is 0 Å². The number of carbonyl (C=O) groups is 1. The molecule has 1 aromatic heterocycles. The maximum absolute atomic E-state index is 10.7. The number of carboxylic acids is 1. The van der Waals surface area contributed by atoms with Crippen molar-refractivity contribution in [2.75, 3.05) is 19.7 Å². The minimum Gasteiger partial charge on any atom is -1.00 e. The highest BCUT2D eigenvalue weighted by Crippen LogP contribution is 2.25. The van der Waals surface area contributed by atoms with Crippen molar-refractivity contribution in [1.82, 2.24) is 4.90 Å². The Morgan fingerprint density at radius 1 is 1.09 bits per heavy atom. The van der Waals surface area contributed by atoms with Crippen molar-refractivity contribution in [2.24, 2.45) is 0 Å². The number of thiophene rings is 1. The van der Waals surface area contributed by atoms with E-state index in [0.717, 1.165) is 38.1 Å². The minimum absolute atomic E-state index is 0. The molecule has 1 aliphatic heterocycles. The van der Waals surface area contributed by atoms with Gasteiger partial charge in [0.15, 0.2) is 0 Å². The molecule has 0 saturated carbocycles. The highest BCUT2D eigenvalue weighted by Gasteiger charge is 2.24. The molecule has 6 heteroatoms. The van der Waals surface area contributed by atoms with Crippen LogP contribution in [0.4, 0.5) is 0 Å². The first-order valence-electron chi connectivity index (χ1n) is 11.0. The molecule has 0 aliphatic carbocycles. The summed E-state index contributed by atoms with van der Waals surface area (Å²) in [5.74, 6) is 0.180. The lowest BCUT2D eigenvalue weighted by atomic mass is 10.0. The van der Waals surface area contributed by atoms with E-state index in [1.165, 1.54) is 21.6 Å². The first-order chi connectivity index (χ1) is 15.2. The van der Waals surface area contributed by atoms with Crippen LogP contribution in [-0.2, 0) is 11.2 Å². The van der Waals surface area contributed by atoms with Gasteiger partial charge in [-0.1, -0.05) is 42.5 Å². The summed E-state index contributed by atoms with van der Waals surface area (Å²) < 4.78 is 6.05. The number of halogens is 1. The number of rotatable bonds is 10. The molecule has 0 amide bonds. The molecule has 0 bridgehead atoms. The van der Waals surface area contributed by atoms with Crippen LogP contribution in [0.25, 0.3) is 10.4 Å². The summed E-state index contributed by atoms with van der Waals surface area (Å²) in [7, 11) is 0. The van der Waals surface area contributed by atoms with E-state index in [1.54, 1.807) is 11.3 Å². The van der Waals surface area contributed by atoms with Crippen LogP contribution in [0.5, 0.6) is 5.75 Å². The molecule has 0 radical (unpaired) electrons. The highest BCUT2D eigenvalue weighted by atomic mass is 35.5. The van der Waals surface area contributed by atoms with Crippen molar-refractivity contribution in [3.8, 4) is 16.2 Å². The Hall–Kier alpha value is -2.34. The number of aliphatic carboxylic acids is 1. The third-order valence-electron chi connectivity index (χ3n) is 5.87. The second kappa shape index (κ2) is 12.0. The van der Waals surface area contributed by atoms with Gasteiger partial charge in [-0.25, -0.2) is 0 Å². The van der Waals surface area contributed by atoms with Crippen molar-refractivity contribution in [3.63, 3.8) is 0 Å². The Kier molecular flexibility index (Phi) is 9.15. The number of nitrogens with zero attached hydrogens (tertiary/aromatic N) is 1. The third-order valence-corrected chi connectivity index (χ3v) is 6.79. The zero-order valence-corrected chi connectivity index (χ0v) is 19.7. The predicted molar refractivity (Wildman–Crippen MR) is 127 cm³/mol. The maximum Gasteiger partial charge on any atom is 1.00 e. The molecule has 1 saturated heterocycles. The van der Waals surface area contributed by atoms with Crippen LogP contribution in [0.2, 0.25) is 0 Å². The Morgan fingerprint density at radius 2 is 1.81 bits per heavy atom. The fourth-order valence-electron chi connectivity index (χ4n) is 4.17. The molecular weight excluding hydrogens is 442 g/mol. The molecule has 1 aliphatic rings. The number of likely N-dealkylation sites (tertiary alicyclic amines) is 1. The normalized spacial score (nSPS) is 15.9. The molecule has 1 atom stereocenters.